The van der Waals surface area contributed by atoms with E-state index in [1.54, 1.807) is 20.2 Å². The number of methoxy groups -OCH3 is 1. The second-order valence-corrected chi connectivity index (χ2v) is 6.54. The monoisotopic (exact) mass is 372 g/mol. The number of nitrogens with one attached hydrogen (secondary N) is 1. The average molecular weight is 372 g/mol. The Balaban J connectivity index is 1.46. The molecule has 0 fully saturated rings. The summed E-state index contributed by atoms with van der Waals surface area (Å²) in [6.07, 6.45) is 0.982. The normalized spacial score (nSPS) is 11.9. The maximum Gasteiger partial charge on any atom is 0.265 e. The number of rotatable bonds is 5. The minimum atomic E-state index is -0.646. The molecular weight excluding hydrogens is 352 g/mol. The zero-order chi connectivity index (χ0) is 19.5. The van der Waals surface area contributed by atoms with Crippen molar-refractivity contribution in [3.8, 4) is 11.5 Å². The fraction of sp³-hybridized carbons (Fsp3) is 0.130. The zero-order valence-electron chi connectivity index (χ0n) is 15.7. The molecule has 1 heterocycles. The number of ether oxygens (including phenoxy) is 2. The van der Waals surface area contributed by atoms with Crippen LogP contribution in [0.4, 0.5) is 5.69 Å². The van der Waals surface area contributed by atoms with E-state index in [1.807, 2.05) is 66.7 Å². The molecule has 0 spiro atoms. The smallest absolute Gasteiger partial charge is 0.265 e. The first-order valence-electron chi connectivity index (χ1n) is 9.02. The van der Waals surface area contributed by atoms with Crippen LogP contribution in [0.3, 0.4) is 0 Å². The molecule has 28 heavy (non-hydrogen) atoms. The molecule has 140 valence electrons. The number of anilines is 1. The molecule has 0 radical (unpaired) electrons. The molecule has 4 aromatic rings. The fourth-order valence-electron chi connectivity index (χ4n) is 3.04. The lowest BCUT2D eigenvalue weighted by molar-refractivity contribution is -0.122. The number of fused-ring (bicyclic) bond motifs is 2. The number of hydrogen-bond donors (Lipinski definition) is 1. The van der Waals surface area contributed by atoms with Crippen LogP contribution in [-0.4, -0.2) is 24.1 Å². The Morgan fingerprint density at radius 1 is 0.929 bits per heavy atom. The Kier molecular flexibility index (Phi) is 4.81. The molecule has 1 atom stereocenters. The Labute approximate surface area is 162 Å². The molecule has 3 aromatic carbocycles. The highest BCUT2D eigenvalue weighted by Crippen LogP contribution is 2.23. The Morgan fingerprint density at radius 2 is 1.68 bits per heavy atom. The minimum Gasteiger partial charge on any atom is -0.497 e. The summed E-state index contributed by atoms with van der Waals surface area (Å²) in [7, 11) is 1.62. The number of carbonyl (C=O) groups is 1. The lowest BCUT2D eigenvalue weighted by Gasteiger charge is -2.15. The molecule has 4 rings (SSSR count). The molecule has 1 amide bonds. The van der Waals surface area contributed by atoms with Gasteiger partial charge in [-0.25, -0.2) is 0 Å². The Bertz CT molecular complexity index is 1160. The number of carbonyl (C=O) groups excluding carboxylic acids is 1. The van der Waals surface area contributed by atoms with Crippen LogP contribution in [0.15, 0.2) is 72.9 Å². The maximum absolute atomic E-state index is 12.5. The molecule has 1 aromatic heterocycles. The Hall–Kier alpha value is -3.60. The number of hydrogen-bond acceptors (Lipinski definition) is 4. The number of aromatic nitrogens is 1. The van der Waals surface area contributed by atoms with Gasteiger partial charge in [0.05, 0.1) is 24.5 Å². The highest BCUT2D eigenvalue weighted by Gasteiger charge is 2.15. The highest BCUT2D eigenvalue weighted by molar-refractivity contribution is 5.96. The van der Waals surface area contributed by atoms with Gasteiger partial charge < -0.3 is 14.8 Å². The van der Waals surface area contributed by atoms with E-state index in [0.29, 0.717) is 11.4 Å². The molecule has 5 nitrogen and oxygen atoms in total. The van der Waals surface area contributed by atoms with Gasteiger partial charge in [0.2, 0.25) is 0 Å². The van der Waals surface area contributed by atoms with E-state index in [-0.39, 0.29) is 5.91 Å². The number of nitrogens with zero attached hydrogens (tertiary/aromatic N) is 1. The third kappa shape index (κ3) is 3.74. The van der Waals surface area contributed by atoms with Crippen molar-refractivity contribution in [2.24, 2.45) is 0 Å². The molecular formula is C23H20N2O3. The number of benzene rings is 3. The van der Waals surface area contributed by atoms with Gasteiger partial charge in [-0.3, -0.25) is 9.78 Å². The Morgan fingerprint density at radius 3 is 2.50 bits per heavy atom. The van der Waals surface area contributed by atoms with E-state index >= 15 is 0 Å². The topological polar surface area (TPSA) is 60.5 Å². The summed E-state index contributed by atoms with van der Waals surface area (Å²) in [6, 6.07) is 21.3. The molecule has 0 bridgehead atoms. The van der Waals surface area contributed by atoms with Crippen molar-refractivity contribution < 1.29 is 14.3 Å². The summed E-state index contributed by atoms with van der Waals surface area (Å²) in [6.45, 7) is 1.73. The van der Waals surface area contributed by atoms with E-state index in [2.05, 4.69) is 10.3 Å². The first-order chi connectivity index (χ1) is 13.6. The van der Waals surface area contributed by atoms with Gasteiger partial charge in [-0.05, 0) is 48.0 Å². The molecule has 0 saturated heterocycles. The third-order valence-electron chi connectivity index (χ3n) is 4.56. The van der Waals surface area contributed by atoms with Crippen LogP contribution in [-0.2, 0) is 4.79 Å². The second kappa shape index (κ2) is 7.56. The molecule has 1 N–H and O–H groups in total. The van der Waals surface area contributed by atoms with E-state index in [0.717, 1.165) is 27.4 Å². The second-order valence-electron chi connectivity index (χ2n) is 6.54. The summed E-state index contributed by atoms with van der Waals surface area (Å²) in [4.78, 5) is 16.9. The van der Waals surface area contributed by atoms with Gasteiger partial charge in [0, 0.05) is 11.5 Å². The van der Waals surface area contributed by atoms with Crippen LogP contribution in [0.25, 0.3) is 21.7 Å². The van der Waals surface area contributed by atoms with Gasteiger partial charge >= 0.3 is 0 Å². The van der Waals surface area contributed by atoms with Gasteiger partial charge in [0.1, 0.15) is 11.5 Å². The van der Waals surface area contributed by atoms with Gasteiger partial charge in [0.15, 0.2) is 6.10 Å². The zero-order valence-corrected chi connectivity index (χ0v) is 15.7. The van der Waals surface area contributed by atoms with Crippen LogP contribution in [0.1, 0.15) is 6.92 Å². The summed E-state index contributed by atoms with van der Waals surface area (Å²) in [5.41, 5.74) is 1.43. The van der Waals surface area contributed by atoms with Crippen LogP contribution >= 0.6 is 0 Å². The molecule has 0 saturated carbocycles. The molecule has 5 heteroatoms. The van der Waals surface area contributed by atoms with E-state index in [9.17, 15) is 4.79 Å². The fourth-order valence-corrected chi connectivity index (χ4v) is 3.04. The quantitative estimate of drug-likeness (QED) is 0.546. The predicted octanol–water partition coefficient (Wildman–Crippen LogP) is 4.80. The van der Waals surface area contributed by atoms with Crippen molar-refractivity contribution in [3.05, 3.63) is 72.9 Å². The van der Waals surface area contributed by atoms with Crippen molar-refractivity contribution in [2.45, 2.75) is 13.0 Å². The lowest BCUT2D eigenvalue weighted by atomic mass is 10.1. The van der Waals surface area contributed by atoms with Crippen molar-refractivity contribution in [2.75, 3.05) is 12.4 Å². The standard InChI is InChI=1S/C23H20N2O3/c1-15(28-21-10-7-16-5-3-4-6-17(16)12-21)23(26)25-19-11-18-8-9-20(27-2)13-22(18)24-14-19/h3-15H,1-2H3,(H,25,26). The average Bonchev–Trinajstić information content (AvgIpc) is 2.73. The third-order valence-corrected chi connectivity index (χ3v) is 4.56. The van der Waals surface area contributed by atoms with Crippen molar-refractivity contribution >= 4 is 33.3 Å². The van der Waals surface area contributed by atoms with Crippen molar-refractivity contribution in [1.29, 1.82) is 0 Å². The van der Waals surface area contributed by atoms with Crippen LogP contribution in [0, 0.1) is 0 Å². The summed E-state index contributed by atoms with van der Waals surface area (Å²) >= 11 is 0. The molecule has 0 aliphatic heterocycles. The molecule has 1 unspecified atom stereocenters. The van der Waals surface area contributed by atoms with E-state index in [4.69, 9.17) is 9.47 Å². The number of amides is 1. The largest absolute Gasteiger partial charge is 0.497 e. The first-order valence-corrected chi connectivity index (χ1v) is 9.02. The molecule has 0 aliphatic carbocycles. The van der Waals surface area contributed by atoms with Crippen molar-refractivity contribution in [1.82, 2.24) is 4.98 Å². The summed E-state index contributed by atoms with van der Waals surface area (Å²) in [5.74, 6) is 1.17. The molecule has 0 aliphatic rings. The van der Waals surface area contributed by atoms with Gasteiger partial charge in [-0.15, -0.1) is 0 Å². The van der Waals surface area contributed by atoms with E-state index in [1.165, 1.54) is 0 Å². The van der Waals surface area contributed by atoms with Crippen molar-refractivity contribution in [3.63, 3.8) is 0 Å². The predicted molar refractivity (Wildman–Crippen MR) is 111 cm³/mol. The number of pyridine rings is 1. The van der Waals surface area contributed by atoms with Gasteiger partial charge in [-0.2, -0.15) is 0 Å². The SMILES string of the molecule is COc1ccc2cc(NC(=O)C(C)Oc3ccc4ccccc4c3)cnc2c1. The first kappa shape index (κ1) is 17.8. The van der Waals surface area contributed by atoms with E-state index < -0.39 is 6.10 Å². The highest BCUT2D eigenvalue weighted by atomic mass is 16.5. The minimum absolute atomic E-state index is 0.233. The maximum atomic E-state index is 12.5. The van der Waals surface area contributed by atoms with Gasteiger partial charge in [-0.1, -0.05) is 30.3 Å². The lowest BCUT2D eigenvalue weighted by Crippen LogP contribution is -2.30. The van der Waals surface area contributed by atoms with Crippen LogP contribution in [0.5, 0.6) is 11.5 Å². The summed E-state index contributed by atoms with van der Waals surface area (Å²) < 4.78 is 11.0. The van der Waals surface area contributed by atoms with Gasteiger partial charge in [0.25, 0.3) is 5.91 Å². The summed E-state index contributed by atoms with van der Waals surface area (Å²) in [5, 5.41) is 5.98. The van der Waals surface area contributed by atoms with Crippen LogP contribution in [0.2, 0.25) is 0 Å². The van der Waals surface area contributed by atoms with Crippen LogP contribution < -0.4 is 14.8 Å².